The lowest BCUT2D eigenvalue weighted by molar-refractivity contribution is 0.415. The molecule has 2 N–H and O–H groups in total. The average Bonchev–Trinajstić information content (AvgIpc) is 3.40. The summed E-state index contributed by atoms with van der Waals surface area (Å²) < 4.78 is 5.51. The molecule has 8 nitrogen and oxygen atoms in total. The van der Waals surface area contributed by atoms with E-state index < -0.39 is 0 Å². The molecular formula is C59H47N7O. The molecule has 0 radical (unpaired) electrons. The van der Waals surface area contributed by atoms with Crippen molar-refractivity contribution in [2.75, 3.05) is 21.8 Å². The largest absolute Gasteiger partial charge is 0.497 e. The Bertz CT molecular complexity index is 2820. The van der Waals surface area contributed by atoms with Crippen LogP contribution in [0.15, 0.2) is 265 Å². The fourth-order valence-electron chi connectivity index (χ4n) is 8.06. The van der Waals surface area contributed by atoms with Gasteiger partial charge in [0.1, 0.15) is 5.75 Å². The van der Waals surface area contributed by atoms with E-state index >= 15 is 0 Å². The van der Waals surface area contributed by atoms with Gasteiger partial charge in [-0.05, 0) is 143 Å². The van der Waals surface area contributed by atoms with Crippen LogP contribution in [0.2, 0.25) is 0 Å². The van der Waals surface area contributed by atoms with Crippen molar-refractivity contribution in [1.29, 1.82) is 11.1 Å². The second-order valence-corrected chi connectivity index (χ2v) is 15.6. The fraction of sp³-hybridized carbons (Fsp3) is 0.0169. The summed E-state index contributed by atoms with van der Waals surface area (Å²) >= 11 is 0. The molecule has 0 heterocycles. The summed E-state index contributed by atoms with van der Waals surface area (Å²) in [4.78, 5) is 6.21. The summed E-state index contributed by atoms with van der Waals surface area (Å²) in [6, 6.07) is 81.9. The third-order valence-electron chi connectivity index (χ3n) is 11.4. The monoisotopic (exact) mass is 869 g/mol. The Morgan fingerprint density at radius 3 is 0.881 bits per heavy atom. The van der Waals surface area contributed by atoms with Gasteiger partial charge in [-0.25, -0.2) is 11.1 Å². The Labute approximate surface area is 391 Å². The number of benzene rings is 9. The molecule has 0 saturated carbocycles. The molecule has 0 fully saturated rings. The Morgan fingerprint density at radius 1 is 0.343 bits per heavy atom. The summed E-state index contributed by atoms with van der Waals surface area (Å²) in [6.07, 6.45) is 3.87. The maximum Gasteiger partial charge on any atom is 0.160 e. The van der Waals surface area contributed by atoms with Crippen molar-refractivity contribution >= 4 is 52.0 Å². The molecule has 9 aromatic rings. The SMILES string of the molecule is COc1ccc(N(c2ccc(-c3ccc(C=C(N=N)N(c4ccccc4)c4ccccc4)cc3)cc2)c2ccc(-c3ccc(C=C(N=N)N(c4ccccc4)c4ccccc4)cc3)cc2)cc1. The maximum atomic E-state index is 8.14. The molecule has 0 atom stereocenters. The van der Waals surface area contributed by atoms with Crippen molar-refractivity contribution in [3.63, 3.8) is 0 Å². The molecule has 0 aliphatic rings. The van der Waals surface area contributed by atoms with E-state index in [1.807, 2.05) is 155 Å². The molecule has 0 amide bonds. The second kappa shape index (κ2) is 20.6. The average molecular weight is 870 g/mol. The Hall–Kier alpha value is -9.14. The van der Waals surface area contributed by atoms with Crippen LogP contribution < -0.4 is 19.4 Å². The van der Waals surface area contributed by atoms with Crippen molar-refractivity contribution in [3.8, 4) is 28.0 Å². The van der Waals surface area contributed by atoms with E-state index in [4.69, 9.17) is 15.8 Å². The zero-order valence-corrected chi connectivity index (χ0v) is 36.9. The van der Waals surface area contributed by atoms with Crippen LogP contribution >= 0.6 is 0 Å². The van der Waals surface area contributed by atoms with Crippen molar-refractivity contribution < 1.29 is 4.74 Å². The molecule has 0 unspecified atom stereocenters. The first-order valence-electron chi connectivity index (χ1n) is 21.9. The van der Waals surface area contributed by atoms with Gasteiger partial charge in [0, 0.05) is 39.8 Å². The lowest BCUT2D eigenvalue weighted by Gasteiger charge is -2.26. The summed E-state index contributed by atoms with van der Waals surface area (Å²) in [5.74, 6) is 1.81. The number of rotatable bonds is 16. The lowest BCUT2D eigenvalue weighted by Crippen LogP contribution is -2.14. The molecule has 8 heteroatoms. The maximum absolute atomic E-state index is 8.14. The normalized spacial score (nSPS) is 11.4. The third kappa shape index (κ3) is 9.99. The summed E-state index contributed by atoms with van der Waals surface area (Å²) in [5.41, 5.74) is 29.2. The van der Waals surface area contributed by atoms with Crippen LogP contribution in [0.5, 0.6) is 5.75 Å². The van der Waals surface area contributed by atoms with Crippen LogP contribution in [0.25, 0.3) is 34.4 Å². The van der Waals surface area contributed by atoms with Gasteiger partial charge in [-0.2, -0.15) is 0 Å². The van der Waals surface area contributed by atoms with E-state index in [9.17, 15) is 0 Å². The zero-order valence-electron chi connectivity index (χ0n) is 36.9. The molecule has 67 heavy (non-hydrogen) atoms. The minimum absolute atomic E-state index is 0.508. The summed E-state index contributed by atoms with van der Waals surface area (Å²) in [7, 11) is 1.68. The predicted molar refractivity (Wildman–Crippen MR) is 275 cm³/mol. The lowest BCUT2D eigenvalue weighted by atomic mass is 10.0. The van der Waals surface area contributed by atoms with Crippen LogP contribution in [-0.2, 0) is 0 Å². The molecule has 0 aliphatic carbocycles. The highest BCUT2D eigenvalue weighted by molar-refractivity contribution is 5.81. The van der Waals surface area contributed by atoms with Crippen molar-refractivity contribution in [2.24, 2.45) is 10.2 Å². The zero-order chi connectivity index (χ0) is 45.8. The first kappa shape index (κ1) is 43.1. The minimum atomic E-state index is 0.508. The highest BCUT2D eigenvalue weighted by atomic mass is 16.5. The number of nitrogens with zero attached hydrogens (tertiary/aromatic N) is 5. The first-order chi connectivity index (χ1) is 33.1. The van der Waals surface area contributed by atoms with Crippen molar-refractivity contribution in [3.05, 3.63) is 265 Å². The number of methoxy groups -OCH3 is 1. The molecule has 0 bridgehead atoms. The summed E-state index contributed by atoms with van der Waals surface area (Å²) in [6.45, 7) is 0. The molecule has 0 aromatic heterocycles. The van der Waals surface area contributed by atoms with Gasteiger partial charge in [-0.15, -0.1) is 10.2 Å². The molecule has 9 rings (SSSR count). The number of hydrogen-bond donors (Lipinski definition) is 2. The van der Waals surface area contributed by atoms with E-state index in [-0.39, 0.29) is 0 Å². The van der Waals surface area contributed by atoms with Gasteiger partial charge < -0.3 is 9.64 Å². The number of anilines is 7. The quantitative estimate of drug-likeness (QED) is 0.0946. The third-order valence-corrected chi connectivity index (χ3v) is 11.4. The second-order valence-electron chi connectivity index (χ2n) is 15.6. The summed E-state index contributed by atoms with van der Waals surface area (Å²) in [5, 5.41) is 7.94. The highest BCUT2D eigenvalue weighted by Crippen LogP contribution is 2.38. The predicted octanol–water partition coefficient (Wildman–Crippen LogP) is 16.8. The van der Waals surface area contributed by atoms with E-state index in [0.29, 0.717) is 11.6 Å². The first-order valence-corrected chi connectivity index (χ1v) is 21.9. The van der Waals surface area contributed by atoms with Gasteiger partial charge in [-0.1, -0.05) is 146 Å². The van der Waals surface area contributed by atoms with Gasteiger partial charge >= 0.3 is 0 Å². The minimum Gasteiger partial charge on any atom is -0.497 e. The van der Waals surface area contributed by atoms with Crippen LogP contribution in [0.3, 0.4) is 0 Å². The van der Waals surface area contributed by atoms with Crippen LogP contribution in [-0.4, -0.2) is 7.11 Å². The highest BCUT2D eigenvalue weighted by Gasteiger charge is 2.17. The van der Waals surface area contributed by atoms with Gasteiger partial charge in [0.25, 0.3) is 0 Å². The van der Waals surface area contributed by atoms with Crippen LogP contribution in [0.1, 0.15) is 11.1 Å². The molecule has 0 saturated heterocycles. The topological polar surface area (TPSA) is 91.4 Å². The van der Waals surface area contributed by atoms with Crippen LogP contribution in [0, 0.1) is 11.1 Å². The Morgan fingerprint density at radius 2 is 0.612 bits per heavy atom. The Kier molecular flexibility index (Phi) is 13.2. The van der Waals surface area contributed by atoms with E-state index in [1.54, 1.807) is 7.11 Å². The number of para-hydroxylation sites is 4. The fourth-order valence-corrected chi connectivity index (χ4v) is 8.06. The Balaban J connectivity index is 0.956. The van der Waals surface area contributed by atoms with Crippen molar-refractivity contribution in [2.45, 2.75) is 0 Å². The number of ether oxygens (including phenoxy) is 1. The smallest absolute Gasteiger partial charge is 0.160 e. The van der Waals surface area contributed by atoms with E-state index in [0.717, 1.165) is 78.9 Å². The van der Waals surface area contributed by atoms with Gasteiger partial charge in [-0.3, -0.25) is 9.80 Å². The number of hydrogen-bond acceptors (Lipinski definition) is 8. The van der Waals surface area contributed by atoms with Gasteiger partial charge in [0.05, 0.1) is 7.11 Å². The van der Waals surface area contributed by atoms with Gasteiger partial charge in [0.15, 0.2) is 11.6 Å². The molecule has 9 aromatic carbocycles. The number of nitrogens with one attached hydrogen (secondary N) is 2. The van der Waals surface area contributed by atoms with E-state index in [2.05, 4.69) is 124 Å². The standard InChI is InChI=1S/C59H47N7O/c1-67-57-40-38-56(39-41-57)64(54-34-30-48(31-35-54)46-26-22-44(23-27-46)42-58(62-60)65(50-14-6-2-7-15-50)51-16-8-3-9-17-51)55-36-32-49(33-37-55)47-28-24-45(25-29-47)43-59(63-61)66(52-18-10-4-11-19-52)53-20-12-5-13-21-53/h2-43,60-61H,1H3. The van der Waals surface area contributed by atoms with Crippen LogP contribution in [0.4, 0.5) is 39.8 Å². The van der Waals surface area contributed by atoms with E-state index in [1.165, 1.54) is 0 Å². The molecule has 324 valence electrons. The molecular weight excluding hydrogens is 823 g/mol. The van der Waals surface area contributed by atoms with Gasteiger partial charge in [0.2, 0.25) is 0 Å². The molecule has 0 spiro atoms. The van der Waals surface area contributed by atoms with Crippen molar-refractivity contribution in [1.82, 2.24) is 0 Å². The molecule has 0 aliphatic heterocycles.